The summed E-state index contributed by atoms with van der Waals surface area (Å²) < 4.78 is 0. The number of nitrogen functional groups attached to an aromatic ring is 1. The van der Waals surface area contributed by atoms with Gasteiger partial charge in [-0.3, -0.25) is 4.90 Å². The molecule has 0 aliphatic carbocycles. The minimum Gasteiger partial charge on any atom is -0.393 e. The van der Waals surface area contributed by atoms with Crippen LogP contribution in [0.2, 0.25) is 10.0 Å². The van der Waals surface area contributed by atoms with Crippen LogP contribution in [0.15, 0.2) is 73.1 Å². The highest BCUT2D eigenvalue weighted by molar-refractivity contribution is 6.32. The number of nitrogens with one attached hydrogen (secondary N) is 1. The largest absolute Gasteiger partial charge is 0.393 e. The molecule has 3 aromatic carbocycles. The Labute approximate surface area is 238 Å². The summed E-state index contributed by atoms with van der Waals surface area (Å²) in [6.07, 6.45) is 1.53. The summed E-state index contributed by atoms with van der Waals surface area (Å²) in [7, 11) is 0. The van der Waals surface area contributed by atoms with Crippen molar-refractivity contribution in [3.05, 3.63) is 105 Å². The quantitative estimate of drug-likeness (QED) is 0.271. The van der Waals surface area contributed by atoms with Crippen molar-refractivity contribution < 1.29 is 0 Å². The second kappa shape index (κ2) is 11.9. The minimum atomic E-state index is -0.515. The zero-order chi connectivity index (χ0) is 27.4. The molecule has 0 saturated carbocycles. The lowest BCUT2D eigenvalue weighted by atomic mass is 9.91. The van der Waals surface area contributed by atoms with Crippen molar-refractivity contribution in [3.63, 3.8) is 0 Å². The maximum absolute atomic E-state index is 9.90. The molecule has 4 aromatic rings. The number of anilines is 4. The number of hydrogen-bond acceptors (Lipinski definition) is 7. The number of nitrogens with zero attached hydrogens (tertiary/aromatic N) is 5. The van der Waals surface area contributed by atoms with Gasteiger partial charge in [0.05, 0.1) is 12.0 Å². The molecule has 198 valence electrons. The Bertz CT molecular complexity index is 1480. The van der Waals surface area contributed by atoms with Crippen molar-refractivity contribution in [2.75, 3.05) is 42.1 Å². The molecule has 1 saturated heterocycles. The predicted octanol–water partition coefficient (Wildman–Crippen LogP) is 6.40. The number of piperazine rings is 1. The minimum absolute atomic E-state index is 0.479. The van der Waals surface area contributed by atoms with Crippen LogP contribution in [0.5, 0.6) is 0 Å². The summed E-state index contributed by atoms with van der Waals surface area (Å²) in [5.74, 6) is 0.728. The van der Waals surface area contributed by atoms with Gasteiger partial charge in [-0.15, -0.1) is 0 Å². The second-order valence-corrected chi connectivity index (χ2v) is 10.5. The fraction of sp³-hybridized carbons (Fsp3) is 0.233. The van der Waals surface area contributed by atoms with Crippen LogP contribution in [0.1, 0.15) is 28.2 Å². The maximum atomic E-state index is 9.90. The molecule has 1 unspecified atom stereocenters. The Morgan fingerprint density at radius 3 is 2.41 bits per heavy atom. The number of aryl methyl sites for hydroxylation is 1. The first-order valence-corrected chi connectivity index (χ1v) is 13.5. The summed E-state index contributed by atoms with van der Waals surface area (Å²) in [4.78, 5) is 13.6. The molecule has 7 nitrogen and oxygen atoms in total. The Morgan fingerprint density at radius 2 is 1.72 bits per heavy atom. The molecule has 0 amide bonds. The summed E-state index contributed by atoms with van der Waals surface area (Å²) in [5.41, 5.74) is 11.6. The number of benzene rings is 3. The molecule has 39 heavy (non-hydrogen) atoms. The van der Waals surface area contributed by atoms with Gasteiger partial charge < -0.3 is 16.0 Å². The summed E-state index contributed by atoms with van der Waals surface area (Å²) in [6.45, 7) is 6.39. The number of halogens is 2. The average Bonchev–Trinajstić information content (AvgIpc) is 2.95. The zero-order valence-corrected chi connectivity index (χ0v) is 23.1. The number of nitrogens with two attached hydrogens (primary N) is 1. The van der Waals surface area contributed by atoms with Crippen LogP contribution < -0.4 is 16.0 Å². The van der Waals surface area contributed by atoms with E-state index in [1.807, 2.05) is 37.3 Å². The Balaban J connectivity index is 1.31. The van der Waals surface area contributed by atoms with E-state index in [0.29, 0.717) is 21.6 Å². The van der Waals surface area contributed by atoms with E-state index in [9.17, 15) is 5.26 Å². The van der Waals surface area contributed by atoms with E-state index in [1.165, 1.54) is 11.9 Å². The number of rotatable bonds is 7. The molecule has 1 atom stereocenters. The second-order valence-electron chi connectivity index (χ2n) is 9.64. The molecule has 0 radical (unpaired) electrons. The lowest BCUT2D eigenvalue weighted by Gasteiger charge is -2.36. The van der Waals surface area contributed by atoms with Gasteiger partial charge in [-0.1, -0.05) is 71.7 Å². The van der Waals surface area contributed by atoms with E-state index in [4.69, 9.17) is 28.9 Å². The van der Waals surface area contributed by atoms with Crippen LogP contribution in [0.4, 0.5) is 23.0 Å². The van der Waals surface area contributed by atoms with Gasteiger partial charge in [0.1, 0.15) is 12.0 Å². The monoisotopic (exact) mass is 557 g/mol. The molecule has 1 aliphatic heterocycles. The van der Waals surface area contributed by atoms with Gasteiger partial charge in [0.15, 0.2) is 11.6 Å². The first kappa shape index (κ1) is 26.8. The van der Waals surface area contributed by atoms with E-state index >= 15 is 0 Å². The van der Waals surface area contributed by atoms with Crippen LogP contribution in [0.3, 0.4) is 0 Å². The molecule has 2 heterocycles. The highest BCUT2D eigenvalue weighted by Gasteiger charge is 2.23. The van der Waals surface area contributed by atoms with Gasteiger partial charge in [0, 0.05) is 48.5 Å². The Hall–Kier alpha value is -3.83. The molecular formula is C30H29Cl2N7. The smallest absolute Gasteiger partial charge is 0.159 e. The molecule has 1 aromatic heterocycles. The van der Waals surface area contributed by atoms with Gasteiger partial charge in [0.25, 0.3) is 0 Å². The van der Waals surface area contributed by atoms with E-state index in [2.05, 4.69) is 55.4 Å². The van der Waals surface area contributed by atoms with E-state index in [-0.39, 0.29) is 0 Å². The number of hydrogen-bond donors (Lipinski definition) is 2. The van der Waals surface area contributed by atoms with Crippen LogP contribution in [0.25, 0.3) is 0 Å². The molecule has 3 N–H and O–H groups in total. The molecule has 0 spiro atoms. The predicted molar refractivity (Wildman–Crippen MR) is 159 cm³/mol. The van der Waals surface area contributed by atoms with E-state index in [0.717, 1.165) is 60.9 Å². The van der Waals surface area contributed by atoms with Gasteiger partial charge in [-0.2, -0.15) is 5.26 Å². The SMILES string of the molecule is Cc1cc(C(C#N)c2ccc(Cl)cc2)c(Cl)cc1Nc1ncnc(N2CCN(Cc3ccccc3)CC2)c1N. The first-order chi connectivity index (χ1) is 18.9. The highest BCUT2D eigenvalue weighted by Crippen LogP contribution is 2.36. The van der Waals surface area contributed by atoms with Gasteiger partial charge in [-0.25, -0.2) is 9.97 Å². The topological polar surface area (TPSA) is 94.1 Å². The maximum Gasteiger partial charge on any atom is 0.159 e. The standard InChI is InChI=1S/C30H29Cl2N7/c1-20-15-24(25(17-33)22-7-9-23(31)10-8-22)26(32)16-27(20)37-29-28(34)30(36-19-35-29)39-13-11-38(12-14-39)18-21-5-3-2-4-6-21/h2-10,15-16,19,25H,11-14,18,34H2,1H3,(H,35,36,37). The molecule has 1 aliphatic rings. The van der Waals surface area contributed by atoms with Crippen LogP contribution in [-0.4, -0.2) is 41.0 Å². The highest BCUT2D eigenvalue weighted by atomic mass is 35.5. The summed E-state index contributed by atoms with van der Waals surface area (Å²) in [6, 6.07) is 23.9. The number of nitriles is 1. The zero-order valence-electron chi connectivity index (χ0n) is 21.6. The first-order valence-electron chi connectivity index (χ1n) is 12.8. The third-order valence-corrected chi connectivity index (χ3v) is 7.60. The van der Waals surface area contributed by atoms with Crippen molar-refractivity contribution >= 4 is 46.2 Å². The third-order valence-electron chi connectivity index (χ3n) is 7.02. The third kappa shape index (κ3) is 6.10. The van der Waals surface area contributed by atoms with Crippen molar-refractivity contribution in [2.45, 2.75) is 19.4 Å². The molecule has 5 rings (SSSR count). The fourth-order valence-electron chi connectivity index (χ4n) is 4.86. The van der Waals surface area contributed by atoms with Gasteiger partial charge in [-0.05, 0) is 47.4 Å². The van der Waals surface area contributed by atoms with E-state index in [1.54, 1.807) is 12.1 Å². The molecular weight excluding hydrogens is 529 g/mol. The average molecular weight is 559 g/mol. The summed E-state index contributed by atoms with van der Waals surface area (Å²) >= 11 is 12.7. The molecule has 0 bridgehead atoms. The Kier molecular flexibility index (Phi) is 8.18. The van der Waals surface area contributed by atoms with Crippen molar-refractivity contribution in [1.29, 1.82) is 5.26 Å². The number of aromatic nitrogens is 2. The summed E-state index contributed by atoms with van der Waals surface area (Å²) in [5, 5.41) is 14.3. The van der Waals surface area contributed by atoms with Crippen molar-refractivity contribution in [1.82, 2.24) is 14.9 Å². The Morgan fingerprint density at radius 1 is 1.00 bits per heavy atom. The van der Waals surface area contributed by atoms with Gasteiger partial charge in [0.2, 0.25) is 0 Å². The lowest BCUT2D eigenvalue weighted by molar-refractivity contribution is 0.249. The fourth-order valence-corrected chi connectivity index (χ4v) is 5.26. The van der Waals surface area contributed by atoms with Crippen LogP contribution >= 0.6 is 23.2 Å². The molecule has 9 heteroatoms. The molecule has 1 fully saturated rings. The van der Waals surface area contributed by atoms with Crippen molar-refractivity contribution in [2.24, 2.45) is 0 Å². The van der Waals surface area contributed by atoms with Crippen molar-refractivity contribution in [3.8, 4) is 6.07 Å². The van der Waals surface area contributed by atoms with Crippen LogP contribution in [0, 0.1) is 18.3 Å². The van der Waals surface area contributed by atoms with Gasteiger partial charge >= 0.3 is 0 Å². The lowest BCUT2D eigenvalue weighted by Crippen LogP contribution is -2.46. The van der Waals surface area contributed by atoms with Crippen LogP contribution in [-0.2, 0) is 6.54 Å². The normalized spacial score (nSPS) is 14.6. The van der Waals surface area contributed by atoms with E-state index < -0.39 is 5.92 Å².